The number of aromatic nitrogens is 2. The van der Waals surface area contributed by atoms with Crippen LogP contribution in [0.25, 0.3) is 5.65 Å². The zero-order valence-electron chi connectivity index (χ0n) is 18.2. The van der Waals surface area contributed by atoms with Crippen LogP contribution in [0.15, 0.2) is 72.0 Å². The molecule has 0 fully saturated rings. The van der Waals surface area contributed by atoms with E-state index >= 15 is 0 Å². The fourth-order valence-corrected chi connectivity index (χ4v) is 4.01. The van der Waals surface area contributed by atoms with Gasteiger partial charge in [-0.15, -0.1) is 0 Å². The van der Waals surface area contributed by atoms with E-state index in [1.54, 1.807) is 4.90 Å². The Morgan fingerprint density at radius 2 is 1.94 bits per heavy atom. The van der Waals surface area contributed by atoms with Crippen molar-refractivity contribution in [3.05, 3.63) is 83.8 Å². The number of carbonyl (C=O) groups is 2. The van der Waals surface area contributed by atoms with Crippen molar-refractivity contribution in [3.8, 4) is 0 Å². The van der Waals surface area contributed by atoms with Crippen LogP contribution in [0.5, 0.6) is 0 Å². The molecule has 168 valence electrons. The number of aliphatic imine (C=N–C) groups is 1. The fourth-order valence-electron chi connectivity index (χ4n) is 4.01. The van der Waals surface area contributed by atoms with E-state index in [-0.39, 0.29) is 24.8 Å². The standard InChI is InChI=1S/C25H25N5O3/c31-24-12-21(28-23-8-4-5-11-30(23)24)25(32)26-13-20-15-29-14-19(9-10-22(29)27-20)17-33-16-18-6-2-1-3-7-18/h1-4,6-10,14-15,21H,5,11-13,16-17H2,(H,26,32). The molecule has 5 rings (SSSR count). The third-order valence-corrected chi connectivity index (χ3v) is 5.71. The van der Waals surface area contributed by atoms with Crippen molar-refractivity contribution in [2.24, 2.45) is 4.99 Å². The average Bonchev–Trinajstić information content (AvgIpc) is 3.25. The van der Waals surface area contributed by atoms with Crippen LogP contribution >= 0.6 is 0 Å². The Bertz CT molecular complexity index is 1230. The number of imidazole rings is 1. The Morgan fingerprint density at radius 1 is 1.09 bits per heavy atom. The topological polar surface area (TPSA) is 88.3 Å². The third kappa shape index (κ3) is 4.85. The van der Waals surface area contributed by atoms with E-state index in [9.17, 15) is 9.59 Å². The van der Waals surface area contributed by atoms with Gasteiger partial charge >= 0.3 is 0 Å². The molecule has 1 N–H and O–H groups in total. The van der Waals surface area contributed by atoms with Crippen LogP contribution in [-0.4, -0.2) is 44.5 Å². The smallest absolute Gasteiger partial charge is 0.245 e. The van der Waals surface area contributed by atoms with E-state index in [4.69, 9.17) is 4.74 Å². The van der Waals surface area contributed by atoms with Crippen molar-refractivity contribution in [3.63, 3.8) is 0 Å². The van der Waals surface area contributed by atoms with Gasteiger partial charge in [-0.05, 0) is 29.7 Å². The number of carbonyl (C=O) groups excluding carboxylic acids is 2. The molecule has 0 saturated carbocycles. The van der Waals surface area contributed by atoms with Gasteiger partial charge in [-0.2, -0.15) is 0 Å². The molecule has 8 heteroatoms. The first-order chi connectivity index (χ1) is 16.2. The van der Waals surface area contributed by atoms with Crippen LogP contribution in [0.3, 0.4) is 0 Å². The molecule has 1 aromatic carbocycles. The number of benzene rings is 1. The molecule has 0 aliphatic carbocycles. The summed E-state index contributed by atoms with van der Waals surface area (Å²) >= 11 is 0. The number of amides is 2. The summed E-state index contributed by atoms with van der Waals surface area (Å²) < 4.78 is 7.74. The maximum absolute atomic E-state index is 12.6. The van der Waals surface area contributed by atoms with Gasteiger partial charge in [0, 0.05) is 18.9 Å². The van der Waals surface area contributed by atoms with Crippen molar-refractivity contribution in [2.75, 3.05) is 6.54 Å². The summed E-state index contributed by atoms with van der Waals surface area (Å²) in [5, 5.41) is 2.87. The lowest BCUT2D eigenvalue weighted by molar-refractivity contribution is -0.132. The highest BCUT2D eigenvalue weighted by atomic mass is 16.5. The summed E-state index contributed by atoms with van der Waals surface area (Å²) in [7, 11) is 0. The van der Waals surface area contributed by atoms with E-state index in [1.807, 2.05) is 71.4 Å². The monoisotopic (exact) mass is 443 g/mol. The predicted octanol–water partition coefficient (Wildman–Crippen LogP) is 2.63. The molecule has 2 aliphatic rings. The number of rotatable bonds is 7. The van der Waals surface area contributed by atoms with Crippen molar-refractivity contribution < 1.29 is 14.3 Å². The van der Waals surface area contributed by atoms with Crippen molar-refractivity contribution >= 4 is 23.3 Å². The molecule has 1 unspecified atom stereocenters. The second kappa shape index (κ2) is 9.38. The highest BCUT2D eigenvalue weighted by Gasteiger charge is 2.32. The Balaban J connectivity index is 1.18. The molecule has 33 heavy (non-hydrogen) atoms. The first-order valence-electron chi connectivity index (χ1n) is 11.1. The summed E-state index contributed by atoms with van der Waals surface area (Å²) in [4.78, 5) is 35.6. The largest absolute Gasteiger partial charge is 0.372 e. The Morgan fingerprint density at radius 3 is 2.82 bits per heavy atom. The van der Waals surface area contributed by atoms with Crippen LogP contribution in [0.1, 0.15) is 29.7 Å². The van der Waals surface area contributed by atoms with Gasteiger partial charge in [0.2, 0.25) is 11.8 Å². The summed E-state index contributed by atoms with van der Waals surface area (Å²) in [6.45, 7) is 1.95. The highest BCUT2D eigenvalue weighted by molar-refractivity contribution is 6.09. The maximum atomic E-state index is 12.6. The molecular formula is C25H25N5O3. The molecule has 2 amide bonds. The summed E-state index contributed by atoms with van der Waals surface area (Å²) in [6.07, 6.45) is 8.57. The maximum Gasteiger partial charge on any atom is 0.245 e. The summed E-state index contributed by atoms with van der Waals surface area (Å²) in [6, 6.07) is 13.3. The lowest BCUT2D eigenvalue weighted by Crippen LogP contribution is -2.47. The van der Waals surface area contributed by atoms with Gasteiger partial charge in [0.25, 0.3) is 0 Å². The third-order valence-electron chi connectivity index (χ3n) is 5.71. The van der Waals surface area contributed by atoms with Crippen molar-refractivity contribution in [1.29, 1.82) is 0 Å². The Kier molecular flexibility index (Phi) is 5.99. The van der Waals surface area contributed by atoms with Crippen LogP contribution in [0.2, 0.25) is 0 Å². The molecule has 0 bridgehead atoms. The second-order valence-electron chi connectivity index (χ2n) is 8.17. The predicted molar refractivity (Wildman–Crippen MR) is 123 cm³/mol. The van der Waals surface area contributed by atoms with Gasteiger partial charge in [0.1, 0.15) is 17.5 Å². The van der Waals surface area contributed by atoms with Gasteiger partial charge in [0.05, 0.1) is 31.9 Å². The molecule has 0 radical (unpaired) electrons. The number of nitrogens with zero attached hydrogens (tertiary/aromatic N) is 4. The number of nitrogens with one attached hydrogen (secondary N) is 1. The number of pyridine rings is 1. The number of fused-ring (bicyclic) bond motifs is 2. The lowest BCUT2D eigenvalue weighted by Gasteiger charge is -2.30. The zero-order chi connectivity index (χ0) is 22.6. The van der Waals surface area contributed by atoms with Gasteiger partial charge in [-0.3, -0.25) is 19.5 Å². The van der Waals surface area contributed by atoms with Crippen LogP contribution in [-0.2, 0) is 34.1 Å². The highest BCUT2D eigenvalue weighted by Crippen LogP contribution is 2.17. The minimum atomic E-state index is -0.697. The lowest BCUT2D eigenvalue weighted by atomic mass is 10.1. The minimum absolute atomic E-state index is 0.0563. The summed E-state index contributed by atoms with van der Waals surface area (Å²) in [5.41, 5.74) is 3.70. The first kappa shape index (κ1) is 21.1. The Hall–Kier alpha value is -3.78. The molecule has 3 aromatic rings. The van der Waals surface area contributed by atoms with Crippen LogP contribution < -0.4 is 5.32 Å². The molecule has 0 saturated heterocycles. The van der Waals surface area contributed by atoms with Crippen molar-refractivity contribution in [1.82, 2.24) is 19.6 Å². The SMILES string of the molecule is O=C(NCc1cn2cc(COCc3ccccc3)ccc2n1)C1CC(=O)N2CCC=CC2=N1. The molecule has 4 heterocycles. The van der Waals surface area contributed by atoms with Gasteiger partial charge in [-0.1, -0.05) is 42.5 Å². The van der Waals surface area contributed by atoms with Gasteiger partial charge in [-0.25, -0.2) is 4.98 Å². The number of ether oxygens (including phenoxy) is 1. The normalized spacial score (nSPS) is 17.7. The van der Waals surface area contributed by atoms with E-state index < -0.39 is 6.04 Å². The van der Waals surface area contributed by atoms with E-state index in [0.29, 0.717) is 25.6 Å². The van der Waals surface area contributed by atoms with E-state index in [1.165, 1.54) is 0 Å². The Labute approximate surface area is 191 Å². The first-order valence-corrected chi connectivity index (χ1v) is 11.1. The van der Waals surface area contributed by atoms with E-state index in [0.717, 1.165) is 28.9 Å². The molecule has 8 nitrogen and oxygen atoms in total. The minimum Gasteiger partial charge on any atom is -0.372 e. The van der Waals surface area contributed by atoms with E-state index in [2.05, 4.69) is 15.3 Å². The molecule has 0 spiro atoms. The van der Waals surface area contributed by atoms with Gasteiger partial charge in [0.15, 0.2) is 0 Å². The fraction of sp³-hybridized carbons (Fsp3) is 0.280. The van der Waals surface area contributed by atoms with Crippen LogP contribution in [0.4, 0.5) is 0 Å². The van der Waals surface area contributed by atoms with Gasteiger partial charge < -0.3 is 14.5 Å². The number of hydrogen-bond acceptors (Lipinski definition) is 5. The molecular weight excluding hydrogens is 418 g/mol. The molecule has 2 aromatic heterocycles. The average molecular weight is 444 g/mol. The molecule has 2 aliphatic heterocycles. The molecule has 1 atom stereocenters. The number of amidine groups is 1. The zero-order valence-corrected chi connectivity index (χ0v) is 18.2. The van der Waals surface area contributed by atoms with Crippen LogP contribution in [0, 0.1) is 0 Å². The number of hydrogen-bond donors (Lipinski definition) is 1. The van der Waals surface area contributed by atoms with Crippen molar-refractivity contribution in [2.45, 2.75) is 38.6 Å². The quantitative estimate of drug-likeness (QED) is 0.608. The second-order valence-corrected chi connectivity index (χ2v) is 8.17. The summed E-state index contributed by atoms with van der Waals surface area (Å²) in [5.74, 6) is 0.258.